The van der Waals surface area contributed by atoms with E-state index in [1.54, 1.807) is 6.92 Å². The van der Waals surface area contributed by atoms with Gasteiger partial charge in [0, 0.05) is 24.6 Å². The Labute approximate surface area is 129 Å². The summed E-state index contributed by atoms with van der Waals surface area (Å²) >= 11 is 0. The van der Waals surface area contributed by atoms with Crippen molar-refractivity contribution in [1.29, 1.82) is 0 Å². The van der Waals surface area contributed by atoms with Gasteiger partial charge in [-0.2, -0.15) is 0 Å². The fourth-order valence-corrected chi connectivity index (χ4v) is 2.57. The summed E-state index contributed by atoms with van der Waals surface area (Å²) in [5.41, 5.74) is 1.68. The third kappa shape index (κ3) is 4.06. The van der Waals surface area contributed by atoms with Gasteiger partial charge in [-0.1, -0.05) is 30.3 Å². The van der Waals surface area contributed by atoms with Crippen LogP contribution in [0.2, 0.25) is 0 Å². The smallest absolute Gasteiger partial charge is 0.335 e. The molecule has 0 amide bonds. The fourth-order valence-electron chi connectivity index (χ4n) is 2.57. The van der Waals surface area contributed by atoms with Crippen LogP contribution < -0.4 is 5.32 Å². The molecular formula is C17H21F2NO2. The predicted molar refractivity (Wildman–Crippen MR) is 80.4 cm³/mol. The molecule has 1 aromatic carbocycles. The van der Waals surface area contributed by atoms with Crippen LogP contribution in [0.25, 0.3) is 0 Å². The van der Waals surface area contributed by atoms with E-state index < -0.39 is 18.3 Å². The molecular weight excluding hydrogens is 288 g/mol. The van der Waals surface area contributed by atoms with Crippen LogP contribution in [0.4, 0.5) is 8.78 Å². The molecule has 0 aliphatic heterocycles. The number of ether oxygens (including phenoxy) is 1. The highest BCUT2D eigenvalue weighted by atomic mass is 19.3. The molecule has 1 atom stereocenters. The van der Waals surface area contributed by atoms with Crippen LogP contribution in [-0.2, 0) is 9.53 Å². The van der Waals surface area contributed by atoms with E-state index in [0.29, 0.717) is 5.70 Å². The summed E-state index contributed by atoms with van der Waals surface area (Å²) < 4.78 is 32.2. The monoisotopic (exact) mass is 309 g/mol. The largest absolute Gasteiger partial charge is 0.463 e. The van der Waals surface area contributed by atoms with Crippen molar-refractivity contribution in [2.75, 3.05) is 6.61 Å². The number of halogens is 2. The maximum atomic E-state index is 13.6. The lowest BCUT2D eigenvalue weighted by Crippen LogP contribution is -2.32. The van der Waals surface area contributed by atoms with Gasteiger partial charge in [0.25, 0.3) is 5.92 Å². The zero-order valence-corrected chi connectivity index (χ0v) is 12.9. The summed E-state index contributed by atoms with van der Waals surface area (Å²) in [6.07, 6.45) is -0.659. The van der Waals surface area contributed by atoms with Crippen molar-refractivity contribution in [1.82, 2.24) is 5.32 Å². The van der Waals surface area contributed by atoms with Gasteiger partial charge < -0.3 is 10.1 Å². The number of esters is 1. The van der Waals surface area contributed by atoms with E-state index in [4.69, 9.17) is 4.74 Å². The number of rotatable bonds is 5. The Kier molecular flexibility index (Phi) is 5.16. The number of hydrogen-bond acceptors (Lipinski definition) is 3. The molecule has 0 unspecified atom stereocenters. The summed E-state index contributed by atoms with van der Waals surface area (Å²) in [6, 6.07) is 9.61. The van der Waals surface area contributed by atoms with Gasteiger partial charge in [0.2, 0.25) is 0 Å². The van der Waals surface area contributed by atoms with Gasteiger partial charge in [0.15, 0.2) is 0 Å². The average molecular weight is 309 g/mol. The molecule has 0 saturated heterocycles. The van der Waals surface area contributed by atoms with Crippen LogP contribution in [-0.4, -0.2) is 18.5 Å². The van der Waals surface area contributed by atoms with Crippen LogP contribution in [0.1, 0.15) is 44.7 Å². The minimum atomic E-state index is -2.84. The highest BCUT2D eigenvalue weighted by Crippen LogP contribution is 2.37. The molecule has 5 heteroatoms. The third-order valence-corrected chi connectivity index (χ3v) is 3.75. The third-order valence-electron chi connectivity index (χ3n) is 3.75. The first-order valence-electron chi connectivity index (χ1n) is 7.51. The number of alkyl halides is 2. The number of nitrogens with one attached hydrogen (secondary N) is 1. The maximum Gasteiger partial charge on any atom is 0.335 e. The summed E-state index contributed by atoms with van der Waals surface area (Å²) in [7, 11) is 0. The van der Waals surface area contributed by atoms with Crippen LogP contribution in [0.5, 0.6) is 0 Å². The number of benzene rings is 1. The van der Waals surface area contributed by atoms with Gasteiger partial charge in [-0.3, -0.25) is 0 Å². The van der Waals surface area contributed by atoms with Crippen molar-refractivity contribution in [2.45, 2.75) is 45.1 Å². The SMILES string of the molecule is CCOC(=O)C1=C(N[C@H](C)c2ccccc2)CCC(F)(F)C1. The Morgan fingerprint density at radius 2 is 2.05 bits per heavy atom. The van der Waals surface area contributed by atoms with Crippen LogP contribution in [0, 0.1) is 0 Å². The molecule has 0 saturated carbocycles. The Morgan fingerprint density at radius 1 is 1.36 bits per heavy atom. The molecule has 0 spiro atoms. The lowest BCUT2D eigenvalue weighted by Gasteiger charge is -2.28. The Balaban J connectivity index is 2.22. The minimum Gasteiger partial charge on any atom is -0.463 e. The average Bonchev–Trinajstić information content (AvgIpc) is 2.50. The van der Waals surface area contributed by atoms with Crippen molar-refractivity contribution in [3.63, 3.8) is 0 Å². The highest BCUT2D eigenvalue weighted by Gasteiger charge is 2.38. The van der Waals surface area contributed by atoms with E-state index in [1.165, 1.54) is 0 Å². The molecule has 120 valence electrons. The molecule has 1 aliphatic carbocycles. The Bertz CT molecular complexity index is 555. The molecule has 1 aromatic rings. The van der Waals surface area contributed by atoms with E-state index in [9.17, 15) is 13.6 Å². The van der Waals surface area contributed by atoms with Crippen molar-refractivity contribution in [3.8, 4) is 0 Å². The van der Waals surface area contributed by atoms with Crippen molar-refractivity contribution in [3.05, 3.63) is 47.2 Å². The van der Waals surface area contributed by atoms with Gasteiger partial charge in [0.05, 0.1) is 12.2 Å². The molecule has 0 radical (unpaired) electrons. The summed E-state index contributed by atoms with van der Waals surface area (Å²) in [5.74, 6) is -3.49. The molecule has 0 heterocycles. The zero-order chi connectivity index (χ0) is 16.2. The van der Waals surface area contributed by atoms with E-state index in [0.717, 1.165) is 5.56 Å². The van der Waals surface area contributed by atoms with Crippen molar-refractivity contribution >= 4 is 5.97 Å². The van der Waals surface area contributed by atoms with Gasteiger partial charge in [0.1, 0.15) is 0 Å². The predicted octanol–water partition coefficient (Wildman–Crippen LogP) is 3.97. The molecule has 0 bridgehead atoms. The lowest BCUT2D eigenvalue weighted by molar-refractivity contribution is -0.140. The van der Waals surface area contributed by atoms with Gasteiger partial charge >= 0.3 is 5.97 Å². The van der Waals surface area contributed by atoms with Gasteiger partial charge in [-0.05, 0) is 25.8 Å². The minimum absolute atomic E-state index is 0.0626. The molecule has 22 heavy (non-hydrogen) atoms. The fraction of sp³-hybridized carbons (Fsp3) is 0.471. The molecule has 1 N–H and O–H groups in total. The standard InChI is InChI=1S/C17H21F2NO2/c1-3-22-16(21)14-11-17(18,19)10-9-15(14)20-12(2)13-7-5-4-6-8-13/h4-8,12,20H,3,9-11H2,1-2H3/t12-/m1/s1. The molecule has 1 aliphatic rings. The van der Waals surface area contributed by atoms with Crippen molar-refractivity contribution < 1.29 is 18.3 Å². The number of carbonyl (C=O) groups is 1. The molecule has 0 aromatic heterocycles. The normalized spacial score (nSPS) is 18.7. The summed E-state index contributed by atoms with van der Waals surface area (Å²) in [6.45, 7) is 3.78. The quantitative estimate of drug-likeness (QED) is 0.836. The van der Waals surface area contributed by atoms with Gasteiger partial charge in [-0.15, -0.1) is 0 Å². The van der Waals surface area contributed by atoms with Crippen LogP contribution in [0.15, 0.2) is 41.6 Å². The lowest BCUT2D eigenvalue weighted by atomic mass is 9.92. The first-order valence-corrected chi connectivity index (χ1v) is 7.51. The van der Waals surface area contributed by atoms with E-state index in [2.05, 4.69) is 5.32 Å². The van der Waals surface area contributed by atoms with E-state index >= 15 is 0 Å². The molecule has 2 rings (SSSR count). The number of carbonyl (C=O) groups excluding carboxylic acids is 1. The number of allylic oxidation sites excluding steroid dienone is 1. The molecule has 3 nitrogen and oxygen atoms in total. The van der Waals surface area contributed by atoms with E-state index in [1.807, 2.05) is 37.3 Å². The maximum absolute atomic E-state index is 13.6. The second-order valence-electron chi connectivity index (χ2n) is 5.49. The highest BCUT2D eigenvalue weighted by molar-refractivity contribution is 5.89. The van der Waals surface area contributed by atoms with Gasteiger partial charge in [-0.25, -0.2) is 13.6 Å². The first-order chi connectivity index (χ1) is 10.4. The van der Waals surface area contributed by atoms with Crippen LogP contribution >= 0.6 is 0 Å². The summed E-state index contributed by atoms with van der Waals surface area (Å²) in [4.78, 5) is 12.0. The molecule has 0 fully saturated rings. The van der Waals surface area contributed by atoms with Crippen molar-refractivity contribution in [2.24, 2.45) is 0 Å². The summed E-state index contributed by atoms with van der Waals surface area (Å²) in [5, 5.41) is 3.21. The first kappa shape index (κ1) is 16.5. The zero-order valence-electron chi connectivity index (χ0n) is 12.9. The second kappa shape index (κ2) is 6.90. The van der Waals surface area contributed by atoms with Crippen LogP contribution in [0.3, 0.4) is 0 Å². The van der Waals surface area contributed by atoms with E-state index in [-0.39, 0.29) is 31.1 Å². The number of hydrogen-bond donors (Lipinski definition) is 1. The second-order valence-corrected chi connectivity index (χ2v) is 5.49. The Morgan fingerprint density at radius 3 is 2.68 bits per heavy atom. The topological polar surface area (TPSA) is 38.3 Å². The Hall–Kier alpha value is -1.91.